The van der Waals surface area contributed by atoms with Gasteiger partial charge in [-0.2, -0.15) is 5.10 Å². The van der Waals surface area contributed by atoms with E-state index < -0.39 is 5.91 Å². The van der Waals surface area contributed by atoms with E-state index in [0.29, 0.717) is 6.54 Å². The zero-order chi connectivity index (χ0) is 10.0. The molecule has 1 aromatic heterocycles. The highest BCUT2D eigenvalue weighted by Crippen LogP contribution is 2.11. The van der Waals surface area contributed by atoms with Crippen LogP contribution in [0.4, 0.5) is 0 Å². The summed E-state index contributed by atoms with van der Waals surface area (Å²) in [5.74, 6) is -0.394. The van der Waals surface area contributed by atoms with Crippen LogP contribution in [0.15, 0.2) is 0 Å². The summed E-state index contributed by atoms with van der Waals surface area (Å²) >= 11 is 0. The quantitative estimate of drug-likeness (QED) is 0.657. The fourth-order valence-electron chi connectivity index (χ4n) is 1.33. The maximum Gasteiger partial charge on any atom is 0.239 e. The van der Waals surface area contributed by atoms with Gasteiger partial charge in [0.15, 0.2) is 0 Å². The number of aromatic nitrogens is 2. The van der Waals surface area contributed by atoms with E-state index in [-0.39, 0.29) is 6.54 Å². The summed E-state index contributed by atoms with van der Waals surface area (Å²) in [5, 5.41) is 4.16. The molecule has 1 rings (SSSR count). The molecule has 13 heavy (non-hydrogen) atoms. The fourth-order valence-corrected chi connectivity index (χ4v) is 1.33. The van der Waals surface area contributed by atoms with Crippen molar-refractivity contribution in [1.82, 2.24) is 9.78 Å². The minimum atomic E-state index is -0.394. The van der Waals surface area contributed by atoms with Gasteiger partial charge in [-0.25, -0.2) is 0 Å². The Morgan fingerprint density at radius 3 is 2.54 bits per heavy atom. The predicted molar refractivity (Wildman–Crippen MR) is 48.8 cm³/mol. The van der Waals surface area contributed by atoms with E-state index >= 15 is 0 Å². The fraction of sp³-hybridized carbons (Fsp3) is 0.500. The van der Waals surface area contributed by atoms with Gasteiger partial charge in [0.25, 0.3) is 0 Å². The summed E-state index contributed by atoms with van der Waals surface area (Å²) < 4.78 is 1.58. The van der Waals surface area contributed by atoms with Gasteiger partial charge in [0.2, 0.25) is 5.91 Å². The molecule has 0 unspecified atom stereocenters. The number of nitrogens with zero attached hydrogens (tertiary/aromatic N) is 2. The Balaban J connectivity index is 3.03. The van der Waals surface area contributed by atoms with Crippen LogP contribution in [0.5, 0.6) is 0 Å². The third-order valence-electron chi connectivity index (χ3n) is 2.04. The van der Waals surface area contributed by atoms with E-state index in [1.54, 1.807) is 4.68 Å². The molecule has 0 bridgehead atoms. The first-order valence-corrected chi connectivity index (χ1v) is 4.07. The molecule has 0 atom stereocenters. The largest absolute Gasteiger partial charge is 0.368 e. The molecule has 5 nitrogen and oxygen atoms in total. The average Bonchev–Trinajstić information content (AvgIpc) is 2.26. The van der Waals surface area contributed by atoms with Crippen LogP contribution in [0, 0.1) is 13.8 Å². The lowest BCUT2D eigenvalue weighted by Crippen LogP contribution is -2.20. The van der Waals surface area contributed by atoms with Crippen LogP contribution in [0.2, 0.25) is 0 Å². The van der Waals surface area contributed by atoms with Gasteiger partial charge in [0.1, 0.15) is 6.54 Å². The number of carbonyl (C=O) groups excluding carboxylic acids is 1. The SMILES string of the molecule is Cc1nn(CC(N)=O)c(C)c1CN. The maximum absolute atomic E-state index is 10.7. The molecule has 0 aliphatic rings. The molecule has 4 N–H and O–H groups in total. The summed E-state index contributed by atoms with van der Waals surface area (Å²) in [7, 11) is 0. The van der Waals surface area contributed by atoms with Crippen molar-refractivity contribution in [2.75, 3.05) is 0 Å². The Hall–Kier alpha value is -1.36. The van der Waals surface area contributed by atoms with Crippen molar-refractivity contribution < 1.29 is 4.79 Å². The van der Waals surface area contributed by atoms with Crippen molar-refractivity contribution in [3.05, 3.63) is 17.0 Å². The Labute approximate surface area is 76.7 Å². The van der Waals surface area contributed by atoms with Gasteiger partial charge in [-0.05, 0) is 13.8 Å². The minimum absolute atomic E-state index is 0.118. The van der Waals surface area contributed by atoms with Crippen LogP contribution in [-0.4, -0.2) is 15.7 Å². The number of primary amides is 1. The highest BCUT2D eigenvalue weighted by Gasteiger charge is 2.10. The Bertz CT molecular complexity index is 329. The lowest BCUT2D eigenvalue weighted by Gasteiger charge is -2.00. The Kier molecular flexibility index (Phi) is 2.67. The summed E-state index contributed by atoms with van der Waals surface area (Å²) in [6.07, 6.45) is 0. The third kappa shape index (κ3) is 1.86. The number of rotatable bonds is 3. The van der Waals surface area contributed by atoms with Gasteiger partial charge in [-0.1, -0.05) is 0 Å². The molecule has 0 radical (unpaired) electrons. The van der Waals surface area contributed by atoms with Gasteiger partial charge < -0.3 is 11.5 Å². The summed E-state index contributed by atoms with van der Waals surface area (Å²) in [6, 6.07) is 0. The number of aryl methyl sites for hydroxylation is 1. The molecular formula is C8H14N4O. The number of nitrogens with two attached hydrogens (primary N) is 2. The Morgan fingerprint density at radius 1 is 1.54 bits per heavy atom. The molecule has 0 saturated heterocycles. The van der Waals surface area contributed by atoms with E-state index in [9.17, 15) is 4.79 Å². The second-order valence-electron chi connectivity index (χ2n) is 2.98. The minimum Gasteiger partial charge on any atom is -0.368 e. The van der Waals surface area contributed by atoms with Crippen LogP contribution < -0.4 is 11.5 Å². The summed E-state index contributed by atoms with van der Waals surface area (Å²) in [4.78, 5) is 10.7. The molecule has 1 amide bonds. The van der Waals surface area contributed by atoms with Crippen LogP contribution in [0.25, 0.3) is 0 Å². The first kappa shape index (κ1) is 9.73. The van der Waals surface area contributed by atoms with Crippen LogP contribution >= 0.6 is 0 Å². The first-order valence-electron chi connectivity index (χ1n) is 4.07. The van der Waals surface area contributed by atoms with Crippen LogP contribution in [-0.2, 0) is 17.9 Å². The monoisotopic (exact) mass is 182 g/mol. The molecular weight excluding hydrogens is 168 g/mol. The molecule has 0 fully saturated rings. The van der Waals surface area contributed by atoms with Gasteiger partial charge in [-0.3, -0.25) is 9.48 Å². The highest BCUT2D eigenvalue weighted by molar-refractivity contribution is 5.73. The molecule has 0 saturated carbocycles. The normalized spacial score (nSPS) is 10.4. The van der Waals surface area contributed by atoms with E-state index in [2.05, 4.69) is 5.10 Å². The first-order chi connectivity index (χ1) is 6.06. The van der Waals surface area contributed by atoms with Crippen molar-refractivity contribution in [2.24, 2.45) is 11.5 Å². The van der Waals surface area contributed by atoms with Crippen molar-refractivity contribution >= 4 is 5.91 Å². The predicted octanol–water partition coefficient (Wildman–Crippen LogP) is -0.556. The zero-order valence-electron chi connectivity index (χ0n) is 7.87. The molecule has 72 valence electrons. The van der Waals surface area contributed by atoms with E-state index in [1.807, 2.05) is 13.8 Å². The molecule has 0 aliphatic carbocycles. The second-order valence-corrected chi connectivity index (χ2v) is 2.98. The molecule has 0 aliphatic heterocycles. The third-order valence-corrected chi connectivity index (χ3v) is 2.04. The zero-order valence-corrected chi connectivity index (χ0v) is 7.87. The van der Waals surface area contributed by atoms with Crippen molar-refractivity contribution in [2.45, 2.75) is 26.9 Å². The van der Waals surface area contributed by atoms with E-state index in [4.69, 9.17) is 11.5 Å². The standard InChI is InChI=1S/C8H14N4O/c1-5-7(3-9)6(2)12(11-5)4-8(10)13/h3-4,9H2,1-2H3,(H2,10,13). The molecule has 0 aromatic carbocycles. The van der Waals surface area contributed by atoms with Crippen molar-refractivity contribution in [1.29, 1.82) is 0 Å². The van der Waals surface area contributed by atoms with Crippen LogP contribution in [0.3, 0.4) is 0 Å². The lowest BCUT2D eigenvalue weighted by atomic mass is 10.2. The lowest BCUT2D eigenvalue weighted by molar-refractivity contribution is -0.118. The molecule has 5 heteroatoms. The Morgan fingerprint density at radius 2 is 2.15 bits per heavy atom. The summed E-state index contributed by atoms with van der Waals surface area (Å²) in [5.41, 5.74) is 13.4. The van der Waals surface area contributed by atoms with Gasteiger partial charge in [0.05, 0.1) is 5.69 Å². The van der Waals surface area contributed by atoms with E-state index in [1.165, 1.54) is 0 Å². The second kappa shape index (κ2) is 3.57. The van der Waals surface area contributed by atoms with Gasteiger partial charge in [-0.15, -0.1) is 0 Å². The number of carbonyl (C=O) groups is 1. The number of amides is 1. The molecule has 1 heterocycles. The van der Waals surface area contributed by atoms with Gasteiger partial charge in [0, 0.05) is 17.8 Å². The van der Waals surface area contributed by atoms with Gasteiger partial charge >= 0.3 is 0 Å². The molecule has 1 aromatic rings. The number of hydrogen-bond acceptors (Lipinski definition) is 3. The smallest absolute Gasteiger partial charge is 0.239 e. The van der Waals surface area contributed by atoms with Crippen molar-refractivity contribution in [3.63, 3.8) is 0 Å². The summed E-state index contributed by atoms with van der Waals surface area (Å²) in [6.45, 7) is 4.31. The topological polar surface area (TPSA) is 86.9 Å². The highest BCUT2D eigenvalue weighted by atomic mass is 16.1. The van der Waals surface area contributed by atoms with Crippen LogP contribution in [0.1, 0.15) is 17.0 Å². The molecule has 0 spiro atoms. The maximum atomic E-state index is 10.7. The van der Waals surface area contributed by atoms with E-state index in [0.717, 1.165) is 17.0 Å². The number of hydrogen-bond donors (Lipinski definition) is 2. The van der Waals surface area contributed by atoms with Crippen molar-refractivity contribution in [3.8, 4) is 0 Å². The average molecular weight is 182 g/mol.